The largest absolute Gasteiger partial charge is 0.496 e. The number of aryl methyl sites for hydroxylation is 1. The van der Waals surface area contributed by atoms with Crippen LogP contribution in [0.2, 0.25) is 0 Å². The number of ether oxygens (including phenoxy) is 1. The highest BCUT2D eigenvalue weighted by atomic mass is 16.5. The maximum absolute atomic E-state index is 5.54. The smallest absolute Gasteiger partial charge is 0.126 e. The molecule has 3 aromatic rings. The van der Waals surface area contributed by atoms with Crippen molar-refractivity contribution in [3.8, 4) is 5.75 Å². The molecule has 0 radical (unpaired) electrons. The average molecular weight is 361 g/mol. The summed E-state index contributed by atoms with van der Waals surface area (Å²) in [7, 11) is 1.74. The molecule has 4 rings (SSSR count). The summed E-state index contributed by atoms with van der Waals surface area (Å²) in [6, 6.07) is 19.5. The summed E-state index contributed by atoms with van der Waals surface area (Å²) in [6.07, 6.45) is 0. The van der Waals surface area contributed by atoms with E-state index in [1.807, 2.05) is 0 Å². The fourth-order valence-electron chi connectivity index (χ4n) is 4.12. The van der Waals surface area contributed by atoms with Crippen LogP contribution in [0.1, 0.15) is 16.7 Å². The summed E-state index contributed by atoms with van der Waals surface area (Å²) in [5.74, 6) is 0.953. The molecule has 0 aliphatic carbocycles. The van der Waals surface area contributed by atoms with E-state index in [2.05, 4.69) is 78.2 Å². The van der Waals surface area contributed by atoms with Crippen molar-refractivity contribution in [1.82, 2.24) is 4.90 Å². The van der Waals surface area contributed by atoms with Gasteiger partial charge in [-0.25, -0.2) is 0 Å². The molecule has 1 aliphatic rings. The predicted octanol–water partition coefficient (Wildman–Crippen LogP) is 4.79. The Labute approximate surface area is 162 Å². The van der Waals surface area contributed by atoms with E-state index >= 15 is 0 Å². The van der Waals surface area contributed by atoms with Gasteiger partial charge in [-0.3, -0.25) is 4.90 Å². The first kappa shape index (κ1) is 17.9. The molecule has 1 saturated heterocycles. The van der Waals surface area contributed by atoms with Gasteiger partial charge in [-0.2, -0.15) is 0 Å². The van der Waals surface area contributed by atoms with Gasteiger partial charge in [0.25, 0.3) is 0 Å². The topological polar surface area (TPSA) is 15.7 Å². The zero-order valence-electron chi connectivity index (χ0n) is 16.5. The lowest BCUT2D eigenvalue weighted by Crippen LogP contribution is -2.46. The van der Waals surface area contributed by atoms with Crippen LogP contribution in [0.3, 0.4) is 0 Å². The molecule has 1 aliphatic heterocycles. The summed E-state index contributed by atoms with van der Waals surface area (Å²) < 4.78 is 5.54. The number of hydrogen-bond donors (Lipinski definition) is 0. The van der Waals surface area contributed by atoms with E-state index in [1.54, 1.807) is 7.11 Å². The van der Waals surface area contributed by atoms with Gasteiger partial charge >= 0.3 is 0 Å². The van der Waals surface area contributed by atoms with Gasteiger partial charge in [0.05, 0.1) is 7.11 Å². The molecule has 0 spiro atoms. The molecule has 0 aromatic heterocycles. The highest BCUT2D eigenvalue weighted by Gasteiger charge is 2.19. The lowest BCUT2D eigenvalue weighted by molar-refractivity contribution is 0.250. The molecule has 0 saturated carbocycles. The quantitative estimate of drug-likeness (QED) is 0.665. The minimum absolute atomic E-state index is 0.953. The van der Waals surface area contributed by atoms with E-state index in [4.69, 9.17) is 4.74 Å². The molecule has 3 heteroatoms. The van der Waals surface area contributed by atoms with Gasteiger partial charge in [0.15, 0.2) is 0 Å². The molecule has 1 heterocycles. The van der Waals surface area contributed by atoms with Crippen molar-refractivity contribution >= 4 is 16.5 Å². The van der Waals surface area contributed by atoms with Crippen molar-refractivity contribution in [3.05, 3.63) is 71.3 Å². The molecular weight excluding hydrogens is 332 g/mol. The van der Waals surface area contributed by atoms with Crippen molar-refractivity contribution in [3.63, 3.8) is 0 Å². The third kappa shape index (κ3) is 3.52. The van der Waals surface area contributed by atoms with Crippen LogP contribution < -0.4 is 9.64 Å². The highest BCUT2D eigenvalue weighted by Crippen LogP contribution is 2.30. The van der Waals surface area contributed by atoms with Crippen molar-refractivity contribution in [2.45, 2.75) is 20.4 Å². The Morgan fingerprint density at radius 2 is 1.56 bits per heavy atom. The van der Waals surface area contributed by atoms with Crippen LogP contribution in [0.25, 0.3) is 10.8 Å². The Balaban J connectivity index is 1.49. The first-order valence-electron chi connectivity index (χ1n) is 9.75. The predicted molar refractivity (Wildman–Crippen MR) is 114 cm³/mol. The van der Waals surface area contributed by atoms with Gasteiger partial charge in [-0.1, -0.05) is 42.5 Å². The fraction of sp³-hybridized carbons (Fsp3) is 0.333. The molecule has 3 nitrogen and oxygen atoms in total. The fourth-order valence-corrected chi connectivity index (χ4v) is 4.12. The first-order chi connectivity index (χ1) is 13.2. The lowest BCUT2D eigenvalue weighted by atomic mass is 10.0. The molecule has 0 bridgehead atoms. The van der Waals surface area contributed by atoms with Crippen molar-refractivity contribution in [2.75, 3.05) is 38.2 Å². The normalized spacial score (nSPS) is 15.3. The summed E-state index contributed by atoms with van der Waals surface area (Å²) >= 11 is 0. The Kier molecular flexibility index (Phi) is 5.04. The van der Waals surface area contributed by atoms with E-state index in [0.29, 0.717) is 0 Å². The Morgan fingerprint density at radius 1 is 0.815 bits per heavy atom. The van der Waals surface area contributed by atoms with Crippen LogP contribution in [0.5, 0.6) is 5.75 Å². The van der Waals surface area contributed by atoms with E-state index in [0.717, 1.165) is 38.5 Å². The summed E-state index contributed by atoms with van der Waals surface area (Å²) in [4.78, 5) is 5.10. The Hall–Kier alpha value is -2.52. The standard InChI is InChI=1S/C24H28N2O/c1-18-7-6-10-23(19(18)2)26-15-13-25(14-16-26)17-20-11-12-24(27-3)22-9-5-4-8-21(20)22/h4-12H,13-17H2,1-3H3. The molecular formula is C24H28N2O. The van der Waals surface area contributed by atoms with Gasteiger partial charge < -0.3 is 9.64 Å². The maximum atomic E-state index is 5.54. The molecule has 140 valence electrons. The lowest BCUT2D eigenvalue weighted by Gasteiger charge is -2.37. The molecule has 0 amide bonds. The molecule has 0 N–H and O–H groups in total. The number of hydrogen-bond acceptors (Lipinski definition) is 3. The van der Waals surface area contributed by atoms with E-state index in [-0.39, 0.29) is 0 Å². The minimum atomic E-state index is 0.953. The van der Waals surface area contributed by atoms with Gasteiger partial charge in [0.2, 0.25) is 0 Å². The zero-order chi connectivity index (χ0) is 18.8. The van der Waals surface area contributed by atoms with Crippen LogP contribution in [0.15, 0.2) is 54.6 Å². The molecule has 0 atom stereocenters. The zero-order valence-corrected chi connectivity index (χ0v) is 16.5. The number of nitrogens with zero attached hydrogens (tertiary/aromatic N) is 2. The van der Waals surface area contributed by atoms with Crippen LogP contribution in [-0.4, -0.2) is 38.2 Å². The molecule has 27 heavy (non-hydrogen) atoms. The summed E-state index contributed by atoms with van der Waals surface area (Å²) in [5.41, 5.74) is 5.56. The van der Waals surface area contributed by atoms with E-state index in [1.165, 1.54) is 33.2 Å². The van der Waals surface area contributed by atoms with Crippen LogP contribution in [-0.2, 0) is 6.54 Å². The van der Waals surface area contributed by atoms with Crippen LogP contribution >= 0.6 is 0 Å². The molecule has 0 unspecified atom stereocenters. The first-order valence-corrected chi connectivity index (χ1v) is 9.75. The summed E-state index contributed by atoms with van der Waals surface area (Å²) in [6.45, 7) is 9.77. The monoisotopic (exact) mass is 360 g/mol. The number of benzene rings is 3. The van der Waals surface area contributed by atoms with Crippen molar-refractivity contribution in [2.24, 2.45) is 0 Å². The SMILES string of the molecule is COc1ccc(CN2CCN(c3cccc(C)c3C)CC2)c2ccccc12. The second-order valence-electron chi connectivity index (χ2n) is 7.45. The van der Waals surface area contributed by atoms with Gasteiger partial charge in [-0.05, 0) is 48.1 Å². The van der Waals surface area contributed by atoms with Crippen molar-refractivity contribution in [1.29, 1.82) is 0 Å². The number of anilines is 1. The van der Waals surface area contributed by atoms with Crippen molar-refractivity contribution < 1.29 is 4.74 Å². The van der Waals surface area contributed by atoms with Gasteiger partial charge in [0, 0.05) is 43.8 Å². The van der Waals surface area contributed by atoms with E-state index < -0.39 is 0 Å². The van der Waals surface area contributed by atoms with Gasteiger partial charge in [0.1, 0.15) is 5.75 Å². The van der Waals surface area contributed by atoms with Crippen LogP contribution in [0.4, 0.5) is 5.69 Å². The molecule has 1 fully saturated rings. The van der Waals surface area contributed by atoms with Gasteiger partial charge in [-0.15, -0.1) is 0 Å². The third-order valence-corrected chi connectivity index (χ3v) is 5.88. The van der Waals surface area contributed by atoms with Crippen LogP contribution in [0, 0.1) is 13.8 Å². The third-order valence-electron chi connectivity index (χ3n) is 5.88. The van der Waals surface area contributed by atoms with E-state index in [9.17, 15) is 0 Å². The maximum Gasteiger partial charge on any atom is 0.126 e. The number of piperazine rings is 1. The second kappa shape index (κ2) is 7.61. The molecule has 3 aromatic carbocycles. The average Bonchev–Trinajstić information content (AvgIpc) is 2.71. The Morgan fingerprint density at radius 3 is 2.30 bits per heavy atom. The highest BCUT2D eigenvalue weighted by molar-refractivity contribution is 5.91. The number of fused-ring (bicyclic) bond motifs is 1. The second-order valence-corrected chi connectivity index (χ2v) is 7.45. The number of methoxy groups -OCH3 is 1. The summed E-state index contributed by atoms with van der Waals surface area (Å²) in [5, 5.41) is 2.50. The minimum Gasteiger partial charge on any atom is -0.496 e. The number of rotatable bonds is 4. The Bertz CT molecular complexity index is 942.